The van der Waals surface area contributed by atoms with Gasteiger partial charge in [0.1, 0.15) is 5.60 Å². The Kier molecular flexibility index (Phi) is 2.10. The van der Waals surface area contributed by atoms with Crippen LogP contribution in [-0.4, -0.2) is 18.2 Å². The van der Waals surface area contributed by atoms with Crippen LogP contribution in [-0.2, 0) is 5.60 Å². The van der Waals surface area contributed by atoms with Gasteiger partial charge in [0.15, 0.2) is 0 Å². The fourth-order valence-corrected chi connectivity index (χ4v) is 2.02. The van der Waals surface area contributed by atoms with E-state index in [1.165, 1.54) is 0 Å². The van der Waals surface area contributed by atoms with E-state index in [2.05, 4.69) is 5.32 Å². The number of hydrogen-bond donors (Lipinski definition) is 2. The second-order valence-corrected chi connectivity index (χ2v) is 3.67. The molecule has 13 heavy (non-hydrogen) atoms. The molecule has 0 aromatic heterocycles. The van der Waals surface area contributed by atoms with Gasteiger partial charge < -0.3 is 10.4 Å². The summed E-state index contributed by atoms with van der Waals surface area (Å²) in [5.41, 5.74) is 0.399. The van der Waals surface area contributed by atoms with Crippen LogP contribution in [0.3, 0.4) is 0 Å². The highest BCUT2D eigenvalue weighted by molar-refractivity contribution is 5.27. The van der Waals surface area contributed by atoms with Crippen molar-refractivity contribution in [2.75, 3.05) is 7.05 Å². The summed E-state index contributed by atoms with van der Waals surface area (Å²) in [5, 5.41) is 13.4. The maximum atomic E-state index is 10.3. The molecule has 2 rings (SSSR count). The van der Waals surface area contributed by atoms with E-state index in [9.17, 15) is 5.11 Å². The van der Waals surface area contributed by atoms with Crippen LogP contribution in [0.1, 0.15) is 18.4 Å². The van der Waals surface area contributed by atoms with Gasteiger partial charge in [0.2, 0.25) is 0 Å². The SMILES string of the molecule is CN[C@@H]1CC[C@@]1(O)c1ccccc1. The third kappa shape index (κ3) is 1.26. The van der Waals surface area contributed by atoms with Crippen LogP contribution >= 0.6 is 0 Å². The molecule has 1 aliphatic rings. The highest BCUT2D eigenvalue weighted by Crippen LogP contribution is 2.40. The number of benzene rings is 1. The zero-order chi connectivity index (χ0) is 9.31. The number of nitrogens with one attached hydrogen (secondary N) is 1. The van der Waals surface area contributed by atoms with Crippen molar-refractivity contribution in [3.63, 3.8) is 0 Å². The van der Waals surface area contributed by atoms with E-state index in [-0.39, 0.29) is 6.04 Å². The number of rotatable bonds is 2. The van der Waals surface area contributed by atoms with Crippen molar-refractivity contribution in [3.05, 3.63) is 35.9 Å². The first-order chi connectivity index (χ1) is 6.27. The minimum Gasteiger partial charge on any atom is -0.384 e. The van der Waals surface area contributed by atoms with Gasteiger partial charge in [0, 0.05) is 6.04 Å². The molecule has 0 bridgehead atoms. The highest BCUT2D eigenvalue weighted by atomic mass is 16.3. The molecule has 0 spiro atoms. The molecule has 1 aliphatic carbocycles. The Hall–Kier alpha value is -0.860. The van der Waals surface area contributed by atoms with Crippen molar-refractivity contribution in [3.8, 4) is 0 Å². The van der Waals surface area contributed by atoms with E-state index in [4.69, 9.17) is 0 Å². The lowest BCUT2D eigenvalue weighted by Gasteiger charge is -2.45. The zero-order valence-electron chi connectivity index (χ0n) is 7.83. The van der Waals surface area contributed by atoms with E-state index < -0.39 is 5.60 Å². The smallest absolute Gasteiger partial charge is 0.105 e. The van der Waals surface area contributed by atoms with Crippen molar-refractivity contribution < 1.29 is 5.11 Å². The predicted molar refractivity (Wildman–Crippen MR) is 52.4 cm³/mol. The van der Waals surface area contributed by atoms with Crippen molar-refractivity contribution in [2.45, 2.75) is 24.5 Å². The lowest BCUT2D eigenvalue weighted by Crippen LogP contribution is -2.55. The van der Waals surface area contributed by atoms with Crippen LogP contribution in [0.5, 0.6) is 0 Å². The Morgan fingerprint density at radius 3 is 2.54 bits per heavy atom. The third-order valence-electron chi connectivity index (χ3n) is 3.01. The molecule has 70 valence electrons. The maximum absolute atomic E-state index is 10.3. The topological polar surface area (TPSA) is 32.3 Å². The van der Waals surface area contributed by atoms with Crippen LogP contribution in [0.2, 0.25) is 0 Å². The summed E-state index contributed by atoms with van der Waals surface area (Å²) in [6, 6.07) is 10.1. The molecule has 1 fully saturated rings. The quantitative estimate of drug-likeness (QED) is 0.712. The minimum absolute atomic E-state index is 0.217. The van der Waals surface area contributed by atoms with Gasteiger partial charge >= 0.3 is 0 Å². The summed E-state index contributed by atoms with van der Waals surface area (Å²) in [6.45, 7) is 0. The molecule has 0 heterocycles. The number of hydrogen-bond acceptors (Lipinski definition) is 2. The largest absolute Gasteiger partial charge is 0.384 e. The Bertz CT molecular complexity index is 283. The van der Waals surface area contributed by atoms with Gasteiger partial charge in [-0.2, -0.15) is 0 Å². The summed E-state index contributed by atoms with van der Waals surface area (Å²) in [6.07, 6.45) is 1.92. The standard InChI is InChI=1S/C11H15NO/c1-12-10-7-8-11(10,13)9-5-3-2-4-6-9/h2-6,10,12-13H,7-8H2,1H3/t10-,11-/m1/s1. The van der Waals surface area contributed by atoms with Crippen LogP contribution in [0.4, 0.5) is 0 Å². The molecular formula is C11H15NO. The van der Waals surface area contributed by atoms with E-state index in [1.54, 1.807) is 0 Å². The number of likely N-dealkylation sites (N-methyl/N-ethyl adjacent to an activating group) is 1. The Labute approximate surface area is 78.6 Å². The first-order valence-electron chi connectivity index (χ1n) is 4.72. The molecule has 0 radical (unpaired) electrons. The zero-order valence-corrected chi connectivity index (χ0v) is 7.83. The molecule has 1 aromatic carbocycles. The fourth-order valence-electron chi connectivity index (χ4n) is 2.02. The average Bonchev–Trinajstić information content (AvgIpc) is 2.17. The second-order valence-electron chi connectivity index (χ2n) is 3.67. The van der Waals surface area contributed by atoms with Crippen molar-refractivity contribution in [2.24, 2.45) is 0 Å². The van der Waals surface area contributed by atoms with Crippen molar-refractivity contribution in [1.82, 2.24) is 5.32 Å². The summed E-state index contributed by atoms with van der Waals surface area (Å²) in [4.78, 5) is 0. The van der Waals surface area contributed by atoms with Gasteiger partial charge in [-0.15, -0.1) is 0 Å². The summed E-state index contributed by atoms with van der Waals surface area (Å²) in [5.74, 6) is 0. The van der Waals surface area contributed by atoms with Crippen LogP contribution in [0.25, 0.3) is 0 Å². The molecule has 0 unspecified atom stereocenters. The molecule has 1 aromatic rings. The normalized spacial score (nSPS) is 32.6. The lowest BCUT2D eigenvalue weighted by atomic mass is 9.70. The van der Waals surface area contributed by atoms with E-state index in [0.29, 0.717) is 0 Å². The average molecular weight is 177 g/mol. The Morgan fingerprint density at radius 1 is 1.38 bits per heavy atom. The third-order valence-corrected chi connectivity index (χ3v) is 3.01. The molecule has 1 saturated carbocycles. The second kappa shape index (κ2) is 3.13. The number of aliphatic hydroxyl groups is 1. The van der Waals surface area contributed by atoms with E-state index >= 15 is 0 Å². The highest BCUT2D eigenvalue weighted by Gasteiger charge is 2.45. The molecule has 0 saturated heterocycles. The van der Waals surface area contributed by atoms with E-state index in [0.717, 1.165) is 18.4 Å². The molecule has 2 heteroatoms. The van der Waals surface area contributed by atoms with Gasteiger partial charge in [0.05, 0.1) is 0 Å². The summed E-state index contributed by atoms with van der Waals surface area (Å²) >= 11 is 0. The summed E-state index contributed by atoms with van der Waals surface area (Å²) in [7, 11) is 1.90. The summed E-state index contributed by atoms with van der Waals surface area (Å²) < 4.78 is 0. The molecule has 0 amide bonds. The van der Waals surface area contributed by atoms with Crippen LogP contribution in [0, 0.1) is 0 Å². The van der Waals surface area contributed by atoms with Gasteiger partial charge in [-0.1, -0.05) is 30.3 Å². The fraction of sp³-hybridized carbons (Fsp3) is 0.455. The molecule has 0 aliphatic heterocycles. The van der Waals surface area contributed by atoms with Crippen LogP contribution in [0.15, 0.2) is 30.3 Å². The Morgan fingerprint density at radius 2 is 2.08 bits per heavy atom. The molecule has 2 nitrogen and oxygen atoms in total. The molecule has 2 atom stereocenters. The maximum Gasteiger partial charge on any atom is 0.105 e. The molecular weight excluding hydrogens is 162 g/mol. The van der Waals surface area contributed by atoms with Gasteiger partial charge in [-0.05, 0) is 25.5 Å². The first kappa shape index (κ1) is 8.73. The van der Waals surface area contributed by atoms with Gasteiger partial charge in [-0.25, -0.2) is 0 Å². The van der Waals surface area contributed by atoms with Crippen LogP contribution < -0.4 is 5.32 Å². The monoisotopic (exact) mass is 177 g/mol. The van der Waals surface area contributed by atoms with E-state index in [1.807, 2.05) is 37.4 Å². The Balaban J connectivity index is 2.26. The predicted octanol–water partition coefficient (Wildman–Crippen LogP) is 1.26. The first-order valence-corrected chi connectivity index (χ1v) is 4.72. The van der Waals surface area contributed by atoms with Gasteiger partial charge in [0.25, 0.3) is 0 Å². The van der Waals surface area contributed by atoms with Gasteiger partial charge in [-0.3, -0.25) is 0 Å². The minimum atomic E-state index is -0.629. The van der Waals surface area contributed by atoms with Crippen molar-refractivity contribution in [1.29, 1.82) is 0 Å². The molecule has 2 N–H and O–H groups in total. The lowest BCUT2D eigenvalue weighted by molar-refractivity contribution is -0.0722. The van der Waals surface area contributed by atoms with Crippen molar-refractivity contribution >= 4 is 0 Å².